The lowest BCUT2D eigenvalue weighted by Gasteiger charge is -2.12. The minimum absolute atomic E-state index is 0.0671. The van der Waals surface area contributed by atoms with E-state index in [2.05, 4.69) is 0 Å². The molecule has 6 heteroatoms. The van der Waals surface area contributed by atoms with Gasteiger partial charge in [0, 0.05) is 16.7 Å². The van der Waals surface area contributed by atoms with Crippen LogP contribution in [0.25, 0.3) is 22.3 Å². The molecule has 0 bridgehead atoms. The highest BCUT2D eigenvalue weighted by atomic mass is 35.5. The summed E-state index contributed by atoms with van der Waals surface area (Å²) in [7, 11) is 0. The molecule has 0 heterocycles. The first-order valence-electron chi connectivity index (χ1n) is 6.78. The molecule has 0 fully saturated rings. The Morgan fingerprint density at radius 2 is 1.25 bits per heavy atom. The minimum Gasteiger partial charge on any atom is -0.206 e. The van der Waals surface area contributed by atoms with E-state index in [4.69, 9.17) is 23.2 Å². The van der Waals surface area contributed by atoms with Crippen molar-refractivity contribution in [1.29, 1.82) is 0 Å². The van der Waals surface area contributed by atoms with Crippen LogP contribution < -0.4 is 0 Å². The first kappa shape index (κ1) is 16.8. The van der Waals surface area contributed by atoms with E-state index in [0.29, 0.717) is 0 Å². The van der Waals surface area contributed by atoms with Crippen molar-refractivity contribution in [2.45, 2.75) is 0 Å². The van der Waals surface area contributed by atoms with Gasteiger partial charge in [-0.3, -0.25) is 0 Å². The summed E-state index contributed by atoms with van der Waals surface area (Å²) in [6.45, 7) is 0. The maximum atomic E-state index is 14.9. The zero-order chi connectivity index (χ0) is 17.4. The Balaban J connectivity index is 2.30. The lowest BCUT2D eigenvalue weighted by molar-refractivity contribution is 0.508. The third-order valence-electron chi connectivity index (χ3n) is 3.55. The average Bonchev–Trinajstić information content (AvgIpc) is 2.55. The van der Waals surface area contributed by atoms with E-state index in [1.165, 1.54) is 24.3 Å². The van der Waals surface area contributed by atoms with Crippen molar-refractivity contribution < 1.29 is 17.6 Å². The fraction of sp³-hybridized carbons (Fsp3) is 0. The summed E-state index contributed by atoms with van der Waals surface area (Å²) in [5.41, 5.74) is -1.02. The molecule has 0 aliphatic heterocycles. The zero-order valence-electron chi connectivity index (χ0n) is 11.9. The van der Waals surface area contributed by atoms with Crippen molar-refractivity contribution in [3.05, 3.63) is 81.8 Å². The van der Waals surface area contributed by atoms with Crippen molar-refractivity contribution >= 4 is 23.2 Å². The Labute approximate surface area is 145 Å². The highest BCUT2D eigenvalue weighted by molar-refractivity contribution is 6.43. The van der Waals surface area contributed by atoms with Gasteiger partial charge in [-0.05, 0) is 24.3 Å². The van der Waals surface area contributed by atoms with Crippen molar-refractivity contribution in [3.8, 4) is 22.3 Å². The van der Waals surface area contributed by atoms with Crippen molar-refractivity contribution in [2.75, 3.05) is 0 Å². The quantitative estimate of drug-likeness (QED) is 0.431. The Bertz CT molecular complexity index is 939. The molecule has 0 radical (unpaired) electrons. The maximum absolute atomic E-state index is 14.9. The summed E-state index contributed by atoms with van der Waals surface area (Å²) in [5, 5.41) is 0.270. The van der Waals surface area contributed by atoms with Crippen LogP contribution in [0.4, 0.5) is 17.6 Å². The van der Waals surface area contributed by atoms with Gasteiger partial charge in [0.1, 0.15) is 11.6 Å². The molecule has 0 amide bonds. The fourth-order valence-electron chi connectivity index (χ4n) is 2.42. The van der Waals surface area contributed by atoms with Gasteiger partial charge in [-0.2, -0.15) is 0 Å². The maximum Gasteiger partial charge on any atom is 0.166 e. The van der Waals surface area contributed by atoms with Crippen LogP contribution in [0.15, 0.2) is 48.5 Å². The molecule has 0 N–H and O–H groups in total. The molecular formula is C18H8Cl2F4. The predicted octanol–water partition coefficient (Wildman–Crippen LogP) is 6.88. The van der Waals surface area contributed by atoms with E-state index >= 15 is 0 Å². The summed E-state index contributed by atoms with van der Waals surface area (Å²) < 4.78 is 56.4. The zero-order valence-corrected chi connectivity index (χ0v) is 13.4. The second-order valence-corrected chi connectivity index (χ2v) is 5.77. The molecule has 0 saturated heterocycles. The Morgan fingerprint density at radius 3 is 2.00 bits per heavy atom. The van der Waals surface area contributed by atoms with Crippen LogP contribution in [-0.2, 0) is 0 Å². The minimum atomic E-state index is -1.33. The molecule has 0 saturated carbocycles. The SMILES string of the molecule is Fc1cccc(-c2c(F)ccc(-c3cccc(Cl)c3Cl)c2F)c1F. The molecule has 0 aliphatic rings. The topological polar surface area (TPSA) is 0 Å². The van der Waals surface area contributed by atoms with E-state index in [1.807, 2.05) is 0 Å². The van der Waals surface area contributed by atoms with Gasteiger partial charge in [0.15, 0.2) is 11.6 Å². The van der Waals surface area contributed by atoms with Crippen molar-refractivity contribution in [1.82, 2.24) is 0 Å². The van der Waals surface area contributed by atoms with Gasteiger partial charge in [0.25, 0.3) is 0 Å². The van der Waals surface area contributed by atoms with E-state index < -0.39 is 34.4 Å². The summed E-state index contributed by atoms with van der Waals surface area (Å²) in [6.07, 6.45) is 0. The number of rotatable bonds is 2. The third kappa shape index (κ3) is 2.76. The highest BCUT2D eigenvalue weighted by Gasteiger charge is 2.22. The van der Waals surface area contributed by atoms with Gasteiger partial charge < -0.3 is 0 Å². The summed E-state index contributed by atoms with van der Waals surface area (Å²) in [6, 6.07) is 9.84. The highest BCUT2D eigenvalue weighted by Crippen LogP contribution is 2.39. The van der Waals surface area contributed by atoms with Gasteiger partial charge in [-0.15, -0.1) is 0 Å². The van der Waals surface area contributed by atoms with E-state index in [1.54, 1.807) is 6.07 Å². The van der Waals surface area contributed by atoms with E-state index in [0.717, 1.165) is 18.2 Å². The molecule has 0 unspecified atom stereocenters. The molecule has 3 rings (SSSR count). The van der Waals surface area contributed by atoms with E-state index in [-0.39, 0.29) is 21.2 Å². The largest absolute Gasteiger partial charge is 0.206 e. The molecule has 0 aliphatic carbocycles. The van der Waals surface area contributed by atoms with Crippen LogP contribution >= 0.6 is 23.2 Å². The standard InChI is InChI=1S/C18H8Cl2F4/c19-12-5-1-3-9(16(12)20)10-7-8-13(21)15(18(10)24)11-4-2-6-14(22)17(11)23/h1-8H. The van der Waals surface area contributed by atoms with Crippen LogP contribution in [0.3, 0.4) is 0 Å². The lowest BCUT2D eigenvalue weighted by Crippen LogP contribution is -1.98. The molecular weight excluding hydrogens is 363 g/mol. The first-order valence-corrected chi connectivity index (χ1v) is 7.54. The van der Waals surface area contributed by atoms with Gasteiger partial charge in [-0.25, -0.2) is 17.6 Å². The van der Waals surface area contributed by atoms with Gasteiger partial charge in [0.05, 0.1) is 15.6 Å². The summed E-state index contributed by atoms with van der Waals surface area (Å²) >= 11 is 12.0. The Kier molecular flexibility index (Phi) is 4.52. The Morgan fingerprint density at radius 1 is 0.583 bits per heavy atom. The molecule has 0 nitrogen and oxygen atoms in total. The normalized spacial score (nSPS) is 10.9. The fourth-order valence-corrected chi connectivity index (χ4v) is 2.82. The van der Waals surface area contributed by atoms with Crippen LogP contribution in [0.1, 0.15) is 0 Å². The first-order chi connectivity index (χ1) is 11.4. The Hall–Kier alpha value is -2.04. The van der Waals surface area contributed by atoms with Gasteiger partial charge in [-0.1, -0.05) is 47.5 Å². The second-order valence-electron chi connectivity index (χ2n) is 4.99. The smallest absolute Gasteiger partial charge is 0.166 e. The van der Waals surface area contributed by atoms with Gasteiger partial charge >= 0.3 is 0 Å². The molecule has 3 aromatic rings. The number of hydrogen-bond acceptors (Lipinski definition) is 0. The van der Waals surface area contributed by atoms with E-state index in [9.17, 15) is 17.6 Å². The summed E-state index contributed by atoms with van der Waals surface area (Å²) in [5.74, 6) is -4.59. The lowest BCUT2D eigenvalue weighted by atomic mass is 9.97. The molecule has 0 atom stereocenters. The predicted molar refractivity (Wildman–Crippen MR) is 87.2 cm³/mol. The second kappa shape index (κ2) is 6.46. The molecule has 122 valence electrons. The van der Waals surface area contributed by atoms with Crippen molar-refractivity contribution in [3.63, 3.8) is 0 Å². The third-order valence-corrected chi connectivity index (χ3v) is 4.37. The van der Waals surface area contributed by atoms with Crippen molar-refractivity contribution in [2.24, 2.45) is 0 Å². The number of benzene rings is 3. The van der Waals surface area contributed by atoms with Crippen LogP contribution in [0, 0.1) is 23.3 Å². The number of halogens is 6. The number of hydrogen-bond donors (Lipinski definition) is 0. The van der Waals surface area contributed by atoms with Crippen LogP contribution in [-0.4, -0.2) is 0 Å². The average molecular weight is 371 g/mol. The van der Waals surface area contributed by atoms with Gasteiger partial charge in [0.2, 0.25) is 0 Å². The molecule has 0 spiro atoms. The molecule has 24 heavy (non-hydrogen) atoms. The summed E-state index contributed by atoms with van der Waals surface area (Å²) in [4.78, 5) is 0. The molecule has 3 aromatic carbocycles. The van der Waals surface area contributed by atoms with Crippen LogP contribution in [0.5, 0.6) is 0 Å². The molecule has 0 aromatic heterocycles. The van der Waals surface area contributed by atoms with Crippen LogP contribution in [0.2, 0.25) is 10.0 Å². The monoisotopic (exact) mass is 370 g/mol.